The van der Waals surface area contributed by atoms with Crippen LogP contribution in [0.2, 0.25) is 0 Å². The Morgan fingerprint density at radius 2 is 1.89 bits per heavy atom. The molecule has 1 aromatic rings. The van der Waals surface area contributed by atoms with Gasteiger partial charge in [0, 0.05) is 18.7 Å². The number of hydrogen-bond acceptors (Lipinski definition) is 2. The van der Waals surface area contributed by atoms with E-state index in [2.05, 4.69) is 13.8 Å². The summed E-state index contributed by atoms with van der Waals surface area (Å²) in [6, 6.07) is 4.00. The van der Waals surface area contributed by atoms with Gasteiger partial charge in [0.05, 0.1) is 7.11 Å². The second-order valence-electron chi connectivity index (χ2n) is 5.56. The predicted octanol–water partition coefficient (Wildman–Crippen LogP) is 3.36. The zero-order chi connectivity index (χ0) is 14.0. The third kappa shape index (κ3) is 2.75. The minimum absolute atomic E-state index is 0.166. The molecule has 19 heavy (non-hydrogen) atoms. The van der Waals surface area contributed by atoms with Gasteiger partial charge >= 0.3 is 0 Å². The molecule has 0 atom stereocenters. The average Bonchev–Trinajstić information content (AvgIpc) is 2.91. The van der Waals surface area contributed by atoms with Crippen LogP contribution in [-0.2, 0) is 0 Å². The zero-order valence-corrected chi connectivity index (χ0v) is 12.3. The molecule has 0 saturated carbocycles. The summed E-state index contributed by atoms with van der Waals surface area (Å²) >= 11 is 0. The maximum absolute atomic E-state index is 12.5. The van der Waals surface area contributed by atoms with Crippen molar-refractivity contribution in [3.63, 3.8) is 0 Å². The third-order valence-electron chi connectivity index (χ3n) is 3.82. The molecular formula is C16H23NO2. The number of carbonyl (C=O) groups is 1. The molecule has 1 aromatic carbocycles. The maximum atomic E-state index is 12.5. The SMILES string of the molecule is COc1cc(C)c(C(=O)N2CCCC2)cc1C(C)C. The molecule has 1 aliphatic heterocycles. The highest BCUT2D eigenvalue weighted by atomic mass is 16.5. The lowest BCUT2D eigenvalue weighted by molar-refractivity contribution is 0.0792. The van der Waals surface area contributed by atoms with E-state index in [1.807, 2.05) is 24.0 Å². The highest BCUT2D eigenvalue weighted by Crippen LogP contribution is 2.30. The van der Waals surface area contributed by atoms with Crippen molar-refractivity contribution in [3.05, 3.63) is 28.8 Å². The van der Waals surface area contributed by atoms with Crippen molar-refractivity contribution in [2.45, 2.75) is 39.5 Å². The summed E-state index contributed by atoms with van der Waals surface area (Å²) < 4.78 is 5.42. The number of aryl methyl sites for hydroxylation is 1. The lowest BCUT2D eigenvalue weighted by Gasteiger charge is -2.20. The molecule has 0 radical (unpaired) electrons. The first-order valence-corrected chi connectivity index (χ1v) is 7.02. The fourth-order valence-corrected chi connectivity index (χ4v) is 2.65. The van der Waals surface area contributed by atoms with E-state index < -0.39 is 0 Å². The van der Waals surface area contributed by atoms with Gasteiger partial charge in [-0.2, -0.15) is 0 Å². The molecule has 1 fully saturated rings. The number of carbonyl (C=O) groups excluding carboxylic acids is 1. The van der Waals surface area contributed by atoms with Gasteiger partial charge in [0.1, 0.15) is 5.75 Å². The van der Waals surface area contributed by atoms with Gasteiger partial charge in [0.2, 0.25) is 0 Å². The van der Waals surface area contributed by atoms with Crippen molar-refractivity contribution in [2.24, 2.45) is 0 Å². The van der Waals surface area contributed by atoms with Gasteiger partial charge in [0.15, 0.2) is 0 Å². The van der Waals surface area contributed by atoms with Crippen LogP contribution in [0.3, 0.4) is 0 Å². The first-order valence-electron chi connectivity index (χ1n) is 7.02. The molecule has 2 rings (SSSR count). The number of rotatable bonds is 3. The standard InChI is InChI=1S/C16H23NO2/c1-11(2)13-10-14(12(3)9-15(13)19-4)16(18)17-7-5-6-8-17/h9-11H,5-8H2,1-4H3. The smallest absolute Gasteiger partial charge is 0.254 e. The summed E-state index contributed by atoms with van der Waals surface area (Å²) in [5.74, 6) is 1.39. The zero-order valence-electron chi connectivity index (χ0n) is 12.3. The Morgan fingerprint density at radius 3 is 2.42 bits per heavy atom. The van der Waals surface area contributed by atoms with E-state index in [9.17, 15) is 4.79 Å². The van der Waals surface area contributed by atoms with E-state index in [0.29, 0.717) is 5.92 Å². The molecule has 1 heterocycles. The molecule has 3 nitrogen and oxygen atoms in total. The van der Waals surface area contributed by atoms with Gasteiger partial charge in [-0.25, -0.2) is 0 Å². The largest absolute Gasteiger partial charge is 0.496 e. The molecule has 0 unspecified atom stereocenters. The predicted molar refractivity (Wildman–Crippen MR) is 77.0 cm³/mol. The van der Waals surface area contributed by atoms with Crippen LogP contribution in [0.25, 0.3) is 0 Å². The van der Waals surface area contributed by atoms with Crippen LogP contribution in [0.4, 0.5) is 0 Å². The molecule has 0 N–H and O–H groups in total. The van der Waals surface area contributed by atoms with E-state index in [-0.39, 0.29) is 5.91 Å². The van der Waals surface area contributed by atoms with Crippen LogP contribution in [0.5, 0.6) is 5.75 Å². The Balaban J connectivity index is 2.39. The third-order valence-corrected chi connectivity index (χ3v) is 3.82. The molecule has 1 saturated heterocycles. The minimum Gasteiger partial charge on any atom is -0.496 e. The molecule has 0 aromatic heterocycles. The van der Waals surface area contributed by atoms with Gasteiger partial charge in [-0.3, -0.25) is 4.79 Å². The number of ether oxygens (including phenoxy) is 1. The summed E-state index contributed by atoms with van der Waals surface area (Å²) in [5, 5.41) is 0. The average molecular weight is 261 g/mol. The van der Waals surface area contributed by atoms with Crippen molar-refractivity contribution >= 4 is 5.91 Å². The van der Waals surface area contributed by atoms with Gasteiger partial charge in [-0.1, -0.05) is 13.8 Å². The Bertz CT molecular complexity index is 474. The summed E-state index contributed by atoms with van der Waals surface area (Å²) in [6.45, 7) is 8.01. The van der Waals surface area contributed by atoms with Crippen molar-refractivity contribution in [2.75, 3.05) is 20.2 Å². The molecule has 0 spiro atoms. The summed E-state index contributed by atoms with van der Waals surface area (Å²) in [7, 11) is 1.68. The van der Waals surface area contributed by atoms with E-state index in [4.69, 9.17) is 4.74 Å². The molecule has 0 bridgehead atoms. The second-order valence-corrected chi connectivity index (χ2v) is 5.56. The molecule has 104 valence electrons. The van der Waals surface area contributed by atoms with Crippen molar-refractivity contribution in [1.82, 2.24) is 4.90 Å². The number of benzene rings is 1. The monoisotopic (exact) mass is 261 g/mol. The number of nitrogens with zero attached hydrogens (tertiary/aromatic N) is 1. The van der Waals surface area contributed by atoms with Gasteiger partial charge in [0.25, 0.3) is 5.91 Å². The Hall–Kier alpha value is -1.51. The first-order chi connectivity index (χ1) is 9.04. The van der Waals surface area contributed by atoms with Gasteiger partial charge in [-0.15, -0.1) is 0 Å². The van der Waals surface area contributed by atoms with E-state index in [0.717, 1.165) is 48.4 Å². The Labute approximate surface area is 115 Å². The van der Waals surface area contributed by atoms with Crippen molar-refractivity contribution < 1.29 is 9.53 Å². The molecule has 1 aliphatic rings. The van der Waals surface area contributed by atoms with Crippen LogP contribution >= 0.6 is 0 Å². The molecule has 1 amide bonds. The molecule has 0 aliphatic carbocycles. The van der Waals surface area contributed by atoms with Crippen molar-refractivity contribution in [1.29, 1.82) is 0 Å². The van der Waals surface area contributed by atoms with E-state index in [1.165, 1.54) is 0 Å². The van der Waals surface area contributed by atoms with Gasteiger partial charge in [-0.05, 0) is 48.9 Å². The minimum atomic E-state index is 0.166. The molecular weight excluding hydrogens is 238 g/mol. The topological polar surface area (TPSA) is 29.5 Å². The van der Waals surface area contributed by atoms with Crippen molar-refractivity contribution in [3.8, 4) is 5.75 Å². The number of likely N-dealkylation sites (tertiary alicyclic amines) is 1. The number of methoxy groups -OCH3 is 1. The highest BCUT2D eigenvalue weighted by molar-refractivity contribution is 5.96. The van der Waals surface area contributed by atoms with Crippen LogP contribution in [0.15, 0.2) is 12.1 Å². The number of hydrogen-bond donors (Lipinski definition) is 0. The van der Waals surface area contributed by atoms with Crippen LogP contribution in [0.1, 0.15) is 54.1 Å². The normalized spacial score (nSPS) is 15.1. The lowest BCUT2D eigenvalue weighted by Crippen LogP contribution is -2.28. The Kier molecular flexibility index (Phi) is 4.13. The fourth-order valence-electron chi connectivity index (χ4n) is 2.65. The fraction of sp³-hybridized carbons (Fsp3) is 0.562. The second kappa shape index (κ2) is 5.64. The number of amides is 1. The van der Waals surface area contributed by atoms with E-state index in [1.54, 1.807) is 7.11 Å². The quantitative estimate of drug-likeness (QED) is 0.835. The van der Waals surface area contributed by atoms with Gasteiger partial charge < -0.3 is 9.64 Å². The van der Waals surface area contributed by atoms with E-state index >= 15 is 0 Å². The summed E-state index contributed by atoms with van der Waals surface area (Å²) in [6.07, 6.45) is 2.25. The summed E-state index contributed by atoms with van der Waals surface area (Å²) in [5.41, 5.74) is 2.93. The van der Waals surface area contributed by atoms with Crippen LogP contribution in [-0.4, -0.2) is 31.0 Å². The highest BCUT2D eigenvalue weighted by Gasteiger charge is 2.22. The van der Waals surface area contributed by atoms with Crippen LogP contribution in [0, 0.1) is 6.92 Å². The maximum Gasteiger partial charge on any atom is 0.254 e. The lowest BCUT2D eigenvalue weighted by atomic mass is 9.96. The summed E-state index contributed by atoms with van der Waals surface area (Å²) in [4.78, 5) is 14.5. The first kappa shape index (κ1) is 13.9. The van der Waals surface area contributed by atoms with Crippen LogP contribution < -0.4 is 4.74 Å². The molecule has 3 heteroatoms. The Morgan fingerprint density at radius 1 is 1.26 bits per heavy atom.